The summed E-state index contributed by atoms with van der Waals surface area (Å²) < 4.78 is 26.9. The van der Waals surface area contributed by atoms with E-state index in [9.17, 15) is 13.2 Å². The van der Waals surface area contributed by atoms with Crippen LogP contribution in [-0.4, -0.2) is 64.9 Å². The van der Waals surface area contributed by atoms with Crippen LogP contribution in [0.1, 0.15) is 6.92 Å². The maximum Gasteiger partial charge on any atom is 0.243 e. The number of benzene rings is 2. The van der Waals surface area contributed by atoms with E-state index in [1.165, 1.54) is 16.1 Å². The Kier molecular flexibility index (Phi) is 6.06. The SMILES string of the molecule is CC(Sc1nc2ccc(Cl)cc2[nH]1)C(=O)N1CCN(S(=O)(=O)c2ccccc2)CC1. The number of aromatic amines is 1. The lowest BCUT2D eigenvalue weighted by molar-refractivity contribution is -0.131. The van der Waals surface area contributed by atoms with Crippen molar-refractivity contribution in [2.45, 2.75) is 22.2 Å². The lowest BCUT2D eigenvalue weighted by atomic mass is 10.3. The number of fused-ring (bicyclic) bond motifs is 1. The number of amides is 1. The van der Waals surface area contributed by atoms with Gasteiger partial charge in [0.25, 0.3) is 0 Å². The number of rotatable bonds is 5. The zero-order chi connectivity index (χ0) is 21.3. The number of nitrogens with zero attached hydrogens (tertiary/aromatic N) is 3. The molecule has 1 aliphatic heterocycles. The molecular weight excluding hydrogens is 444 g/mol. The number of carbonyl (C=O) groups is 1. The van der Waals surface area contributed by atoms with E-state index < -0.39 is 10.0 Å². The van der Waals surface area contributed by atoms with Crippen molar-refractivity contribution in [3.05, 3.63) is 53.6 Å². The number of H-pyrrole nitrogens is 1. The van der Waals surface area contributed by atoms with Crippen LogP contribution in [0.25, 0.3) is 11.0 Å². The highest BCUT2D eigenvalue weighted by Crippen LogP contribution is 2.26. The summed E-state index contributed by atoms with van der Waals surface area (Å²) in [5, 5.41) is 0.923. The van der Waals surface area contributed by atoms with Crippen LogP contribution in [-0.2, 0) is 14.8 Å². The smallest absolute Gasteiger partial charge is 0.243 e. The number of imidazole rings is 1. The van der Waals surface area contributed by atoms with Crippen LogP contribution >= 0.6 is 23.4 Å². The third-order valence-electron chi connectivity index (χ3n) is 4.99. The van der Waals surface area contributed by atoms with E-state index in [-0.39, 0.29) is 29.1 Å². The van der Waals surface area contributed by atoms with Gasteiger partial charge in [0.05, 0.1) is 21.2 Å². The first-order valence-corrected chi connectivity index (χ1v) is 12.2. The quantitative estimate of drug-likeness (QED) is 0.586. The maximum atomic E-state index is 12.9. The summed E-state index contributed by atoms with van der Waals surface area (Å²) in [5.41, 5.74) is 1.62. The van der Waals surface area contributed by atoms with E-state index in [0.29, 0.717) is 23.3 Å². The summed E-state index contributed by atoms with van der Waals surface area (Å²) in [6.07, 6.45) is 0. The van der Waals surface area contributed by atoms with Crippen LogP contribution in [0.2, 0.25) is 5.02 Å². The van der Waals surface area contributed by atoms with Crippen molar-refractivity contribution in [3.63, 3.8) is 0 Å². The van der Waals surface area contributed by atoms with Crippen molar-refractivity contribution >= 4 is 50.3 Å². The van der Waals surface area contributed by atoms with Crippen molar-refractivity contribution < 1.29 is 13.2 Å². The zero-order valence-corrected chi connectivity index (χ0v) is 18.7. The standard InChI is InChI=1S/C20H21ClN4O3S2/c1-14(29-20-22-17-8-7-15(21)13-18(17)23-20)19(26)24-9-11-25(12-10-24)30(27,28)16-5-3-2-4-6-16/h2-8,13-14H,9-12H2,1H3,(H,22,23). The number of hydrogen-bond acceptors (Lipinski definition) is 5. The van der Waals surface area contributed by atoms with Crippen LogP contribution in [0.15, 0.2) is 58.6 Å². The molecule has 7 nitrogen and oxygen atoms in total. The zero-order valence-electron chi connectivity index (χ0n) is 16.3. The number of hydrogen-bond donors (Lipinski definition) is 1. The van der Waals surface area contributed by atoms with Gasteiger partial charge in [-0.2, -0.15) is 4.31 Å². The molecule has 1 N–H and O–H groups in total. The van der Waals surface area contributed by atoms with Gasteiger partial charge in [-0.25, -0.2) is 13.4 Å². The summed E-state index contributed by atoms with van der Waals surface area (Å²) in [4.78, 5) is 22.5. The third-order valence-corrected chi connectivity index (χ3v) is 8.11. The topological polar surface area (TPSA) is 86.4 Å². The van der Waals surface area contributed by atoms with Gasteiger partial charge in [-0.15, -0.1) is 0 Å². The van der Waals surface area contributed by atoms with Gasteiger partial charge in [-0.3, -0.25) is 4.79 Å². The highest BCUT2D eigenvalue weighted by Gasteiger charge is 2.31. The van der Waals surface area contributed by atoms with E-state index in [4.69, 9.17) is 11.6 Å². The van der Waals surface area contributed by atoms with Gasteiger partial charge in [0.15, 0.2) is 5.16 Å². The molecule has 4 rings (SSSR count). The molecule has 1 unspecified atom stereocenters. The molecule has 10 heteroatoms. The second-order valence-electron chi connectivity index (χ2n) is 7.01. The Balaban J connectivity index is 1.37. The molecule has 2 aromatic carbocycles. The fourth-order valence-corrected chi connectivity index (χ4v) is 5.90. The molecule has 1 aromatic heterocycles. The van der Waals surface area contributed by atoms with Gasteiger partial charge >= 0.3 is 0 Å². The molecule has 30 heavy (non-hydrogen) atoms. The van der Waals surface area contributed by atoms with Crippen molar-refractivity contribution in [1.82, 2.24) is 19.2 Å². The molecule has 1 aliphatic rings. The van der Waals surface area contributed by atoms with E-state index in [1.54, 1.807) is 47.4 Å². The number of carbonyl (C=O) groups excluding carboxylic acids is 1. The maximum absolute atomic E-state index is 12.9. The number of piperazine rings is 1. The minimum Gasteiger partial charge on any atom is -0.339 e. The Bertz CT molecular complexity index is 1160. The van der Waals surface area contributed by atoms with E-state index in [0.717, 1.165) is 11.0 Å². The molecule has 1 saturated heterocycles. The summed E-state index contributed by atoms with van der Waals surface area (Å²) in [7, 11) is -3.53. The molecule has 2 heterocycles. The molecule has 1 fully saturated rings. The Hall–Kier alpha value is -2.07. The molecular formula is C20H21ClN4O3S2. The Morgan fingerprint density at radius 3 is 2.53 bits per heavy atom. The van der Waals surface area contributed by atoms with Crippen molar-refractivity contribution in [2.24, 2.45) is 0 Å². The normalized spacial score (nSPS) is 16.7. The van der Waals surface area contributed by atoms with Crippen LogP contribution in [0.3, 0.4) is 0 Å². The predicted octanol–water partition coefficient (Wildman–Crippen LogP) is 3.23. The second kappa shape index (κ2) is 8.58. The summed E-state index contributed by atoms with van der Waals surface area (Å²) >= 11 is 7.35. The van der Waals surface area contributed by atoms with Crippen LogP contribution in [0.4, 0.5) is 0 Å². The largest absolute Gasteiger partial charge is 0.339 e. The first kappa shape index (κ1) is 21.2. The number of aromatic nitrogens is 2. The lowest BCUT2D eigenvalue weighted by Gasteiger charge is -2.35. The van der Waals surface area contributed by atoms with Crippen molar-refractivity contribution in [2.75, 3.05) is 26.2 Å². The van der Waals surface area contributed by atoms with Crippen LogP contribution < -0.4 is 0 Å². The molecule has 0 bridgehead atoms. The minimum absolute atomic E-state index is 0.0322. The molecule has 0 radical (unpaired) electrons. The van der Waals surface area contributed by atoms with Gasteiger partial charge < -0.3 is 9.88 Å². The molecule has 0 aliphatic carbocycles. The van der Waals surface area contributed by atoms with Gasteiger partial charge in [0.1, 0.15) is 0 Å². The minimum atomic E-state index is -3.53. The second-order valence-corrected chi connectivity index (χ2v) is 10.7. The lowest BCUT2D eigenvalue weighted by Crippen LogP contribution is -2.52. The van der Waals surface area contributed by atoms with E-state index >= 15 is 0 Å². The molecule has 1 amide bonds. The Morgan fingerprint density at radius 1 is 1.13 bits per heavy atom. The summed E-state index contributed by atoms with van der Waals surface area (Å²) in [6, 6.07) is 13.8. The fraction of sp³-hybridized carbons (Fsp3) is 0.300. The Morgan fingerprint density at radius 2 is 1.83 bits per heavy atom. The van der Waals surface area contributed by atoms with Gasteiger partial charge in [0.2, 0.25) is 15.9 Å². The van der Waals surface area contributed by atoms with E-state index in [2.05, 4.69) is 9.97 Å². The van der Waals surface area contributed by atoms with Gasteiger partial charge in [-0.1, -0.05) is 41.6 Å². The van der Waals surface area contributed by atoms with Gasteiger partial charge in [0, 0.05) is 31.2 Å². The summed E-state index contributed by atoms with van der Waals surface area (Å²) in [6.45, 7) is 3.13. The number of sulfonamides is 1. The molecule has 0 spiro atoms. The third kappa shape index (κ3) is 4.34. The predicted molar refractivity (Wildman–Crippen MR) is 118 cm³/mol. The van der Waals surface area contributed by atoms with Crippen LogP contribution in [0, 0.1) is 0 Å². The molecule has 3 aromatic rings. The number of nitrogens with one attached hydrogen (secondary N) is 1. The summed E-state index contributed by atoms with van der Waals surface area (Å²) in [5.74, 6) is -0.0322. The first-order chi connectivity index (χ1) is 14.3. The monoisotopic (exact) mass is 464 g/mol. The highest BCUT2D eigenvalue weighted by molar-refractivity contribution is 8.00. The molecule has 158 valence electrons. The van der Waals surface area contributed by atoms with Crippen molar-refractivity contribution in [1.29, 1.82) is 0 Å². The highest BCUT2D eigenvalue weighted by atomic mass is 35.5. The molecule has 0 saturated carbocycles. The van der Waals surface area contributed by atoms with Crippen LogP contribution in [0.5, 0.6) is 0 Å². The average molecular weight is 465 g/mol. The van der Waals surface area contributed by atoms with Crippen molar-refractivity contribution in [3.8, 4) is 0 Å². The first-order valence-electron chi connectivity index (χ1n) is 9.50. The Labute approximate surface area is 184 Å². The van der Waals surface area contributed by atoms with E-state index in [1.807, 2.05) is 13.0 Å². The fourth-order valence-electron chi connectivity index (χ4n) is 3.38. The number of halogens is 1. The average Bonchev–Trinajstić information content (AvgIpc) is 3.15. The number of thioether (sulfide) groups is 1. The van der Waals surface area contributed by atoms with Gasteiger partial charge in [-0.05, 0) is 37.3 Å². The molecule has 1 atom stereocenters.